The molecule has 15 heteroatoms. The van der Waals surface area contributed by atoms with Crippen molar-refractivity contribution < 1.29 is 32.8 Å². The molecule has 2 N–H and O–H groups in total. The summed E-state index contributed by atoms with van der Waals surface area (Å²) in [5.74, 6) is 0.881. The number of nitrogen functional groups attached to an aromatic ring is 1. The summed E-state index contributed by atoms with van der Waals surface area (Å²) in [6.45, 7) is 0. The lowest BCUT2D eigenvalue weighted by Gasteiger charge is -2.14. The van der Waals surface area contributed by atoms with Crippen LogP contribution in [0.2, 0.25) is 0 Å². The first-order chi connectivity index (χ1) is 32.3. The van der Waals surface area contributed by atoms with Gasteiger partial charge in [-0.15, -0.1) is 0 Å². The number of para-hydroxylation sites is 12. The molecule has 13 aromatic rings. The van der Waals surface area contributed by atoms with Crippen molar-refractivity contribution in [3.05, 3.63) is 215 Å². The molecule has 13 rings (SSSR count). The van der Waals surface area contributed by atoms with E-state index in [-0.39, 0.29) is 35.6 Å². The second-order valence-electron chi connectivity index (χ2n) is 15.2. The molecule has 0 spiro atoms. The maximum absolute atomic E-state index is 13.8. The van der Waals surface area contributed by atoms with E-state index in [0.29, 0.717) is 17.2 Å². The summed E-state index contributed by atoms with van der Waals surface area (Å²) in [4.78, 5) is 19.3. The summed E-state index contributed by atoms with van der Waals surface area (Å²) >= 11 is 7.25. The van der Waals surface area contributed by atoms with E-state index in [1.807, 2.05) is 102 Å². The molecular weight excluding hydrogens is 1090 g/mol. The minimum absolute atomic E-state index is 0. The van der Waals surface area contributed by atoms with Crippen molar-refractivity contribution in [3.63, 3.8) is 0 Å². The zero-order valence-electron chi connectivity index (χ0n) is 35.0. The van der Waals surface area contributed by atoms with Crippen molar-refractivity contribution >= 4 is 104 Å². The predicted molar refractivity (Wildman–Crippen MR) is 266 cm³/mol. The van der Waals surface area contributed by atoms with Crippen LogP contribution in [0.15, 0.2) is 204 Å². The van der Waals surface area contributed by atoms with E-state index in [0.717, 1.165) is 81.7 Å². The molecule has 0 radical (unpaired) electrons. The number of hydrogen-bond acceptors (Lipinski definition) is 5. The van der Waals surface area contributed by atoms with E-state index in [2.05, 4.69) is 108 Å². The average molecular weight is 1120 g/mol. The number of hydrogen-bond donors (Lipinski definition) is 1. The van der Waals surface area contributed by atoms with Crippen LogP contribution in [0.3, 0.4) is 0 Å². The van der Waals surface area contributed by atoms with Crippen LogP contribution in [0.25, 0.3) is 83.8 Å². The Hall–Kier alpha value is -7.21. The van der Waals surface area contributed by atoms with Crippen molar-refractivity contribution in [2.75, 3.05) is 5.73 Å². The van der Waals surface area contributed by atoms with Crippen LogP contribution in [0.1, 0.15) is 0 Å². The molecule has 0 atom stereocenters. The second kappa shape index (κ2) is 18.2. The molecule has 0 aliphatic carbocycles. The summed E-state index contributed by atoms with van der Waals surface area (Å²) in [6.07, 6.45) is 0. The number of fused-ring (bicyclic) bond motifs is 11. The molecule has 5 aromatic heterocycles. The molecule has 67 heavy (non-hydrogen) atoms. The summed E-state index contributed by atoms with van der Waals surface area (Å²) < 4.78 is 37.9. The molecule has 0 fully saturated rings. The van der Waals surface area contributed by atoms with E-state index >= 15 is 0 Å². The third-order valence-electron chi connectivity index (χ3n) is 11.2. The van der Waals surface area contributed by atoms with Gasteiger partial charge in [-0.3, -0.25) is 17.9 Å². The highest BCUT2D eigenvalue weighted by Crippen LogP contribution is 2.33. The molecule has 0 bridgehead atoms. The van der Waals surface area contributed by atoms with Crippen molar-refractivity contribution in [1.82, 2.24) is 42.4 Å². The van der Waals surface area contributed by atoms with Crippen LogP contribution in [0.5, 0.6) is 0 Å². The van der Waals surface area contributed by atoms with Crippen molar-refractivity contribution in [2.24, 2.45) is 0 Å². The van der Waals surface area contributed by atoms with E-state index in [1.54, 1.807) is 12.1 Å². The maximum Gasteiger partial charge on any atom is 0.223 e. The molecule has 328 valence electrons. The zero-order chi connectivity index (χ0) is 44.9. The summed E-state index contributed by atoms with van der Waals surface area (Å²) in [5.41, 5.74) is 18.4. The minimum Gasteiger partial charge on any atom is -1.00 e. The fourth-order valence-electron chi connectivity index (χ4n) is 8.31. The lowest BCUT2D eigenvalue weighted by molar-refractivity contribution is -0.0000141. The first-order valence-corrected chi connectivity index (χ1v) is 22.4. The van der Waals surface area contributed by atoms with Crippen LogP contribution < -0.4 is 29.7 Å². The van der Waals surface area contributed by atoms with Gasteiger partial charge in [-0.25, -0.2) is 33.3 Å². The highest BCUT2D eigenvalue weighted by Gasteiger charge is 2.20. The molecule has 0 saturated heterocycles. The molecule has 5 heterocycles. The van der Waals surface area contributed by atoms with Crippen LogP contribution in [-0.4, -0.2) is 42.4 Å². The van der Waals surface area contributed by atoms with Gasteiger partial charge in [0.1, 0.15) is 11.6 Å². The topological polar surface area (TPSA) is 101 Å². The van der Waals surface area contributed by atoms with Crippen LogP contribution in [0.4, 0.5) is 14.5 Å². The normalized spacial score (nSPS) is 11.2. The minimum atomic E-state index is -0.283. The van der Waals surface area contributed by atoms with Crippen LogP contribution >= 0.6 is 31.9 Å². The van der Waals surface area contributed by atoms with Gasteiger partial charge in [-0.05, 0) is 153 Å². The van der Waals surface area contributed by atoms with Gasteiger partial charge < -0.3 is 29.7 Å². The highest BCUT2D eigenvalue weighted by atomic mass is 127. The number of nitrogens with zero attached hydrogens (tertiary/aromatic N) is 9. The number of halogens is 5. The molecule has 0 unspecified atom stereocenters. The Morgan fingerprint density at radius 2 is 0.687 bits per heavy atom. The third kappa shape index (κ3) is 7.91. The molecule has 0 aliphatic heterocycles. The Labute approximate surface area is 414 Å². The molecule has 0 aliphatic rings. The average Bonchev–Trinajstić information content (AvgIpc) is 4.09. The maximum atomic E-state index is 13.8. The Kier molecular flexibility index (Phi) is 11.9. The quantitative estimate of drug-likeness (QED) is 0.140. The lowest BCUT2D eigenvalue weighted by atomic mass is 10.2. The van der Waals surface area contributed by atoms with E-state index in [9.17, 15) is 8.78 Å². The lowest BCUT2D eigenvalue weighted by Crippen LogP contribution is -3.00. The summed E-state index contributed by atoms with van der Waals surface area (Å²) in [7, 11) is 0. The van der Waals surface area contributed by atoms with Crippen molar-refractivity contribution in [1.29, 1.82) is 0 Å². The number of aromatic nitrogens is 9. The van der Waals surface area contributed by atoms with Crippen LogP contribution in [0, 0.1) is 11.6 Å². The smallest absolute Gasteiger partial charge is 0.223 e. The molecule has 8 aromatic carbocycles. The highest BCUT2D eigenvalue weighted by molar-refractivity contribution is 9.10. The predicted octanol–water partition coefficient (Wildman–Crippen LogP) is 10.2. The Balaban J connectivity index is 0.000000135. The first-order valence-electron chi connectivity index (χ1n) is 20.8. The van der Waals surface area contributed by atoms with E-state index in [1.165, 1.54) is 36.4 Å². The van der Waals surface area contributed by atoms with Crippen molar-refractivity contribution in [2.45, 2.75) is 0 Å². The Bertz CT molecular complexity index is 3740. The molecule has 0 amide bonds. The zero-order valence-corrected chi connectivity index (χ0v) is 40.3. The van der Waals surface area contributed by atoms with Crippen LogP contribution in [-0.2, 0) is 0 Å². The number of anilines is 1. The van der Waals surface area contributed by atoms with Crippen molar-refractivity contribution in [3.8, 4) is 17.1 Å². The first kappa shape index (κ1) is 43.7. The van der Waals surface area contributed by atoms with E-state index in [4.69, 9.17) is 15.7 Å². The number of benzene rings is 8. The van der Waals surface area contributed by atoms with Gasteiger partial charge in [-0.1, -0.05) is 72.8 Å². The largest absolute Gasteiger partial charge is 1.00 e. The van der Waals surface area contributed by atoms with Gasteiger partial charge in [-0.2, -0.15) is 0 Å². The third-order valence-corrected chi connectivity index (χ3v) is 12.3. The van der Waals surface area contributed by atoms with Gasteiger partial charge in [0, 0.05) is 5.69 Å². The van der Waals surface area contributed by atoms with Gasteiger partial charge in [0.05, 0.1) is 72.2 Å². The SMILES string of the molecule is Brc1nc2ccccc2n1-c1ccccc1-n1c(Br)nc2ccccc21.Fc1ccc(-n2c3nc4ccccc4n3c3ccccc3n3c4ccccc4nc23)cc1.Nc1ccc(F)cc1.[I-]. The van der Waals surface area contributed by atoms with Gasteiger partial charge in [0.2, 0.25) is 11.6 Å². The Morgan fingerprint density at radius 1 is 0.358 bits per heavy atom. The summed E-state index contributed by atoms with van der Waals surface area (Å²) in [6, 6.07) is 61.0. The van der Waals surface area contributed by atoms with E-state index < -0.39 is 0 Å². The summed E-state index contributed by atoms with van der Waals surface area (Å²) in [5, 5.41) is 0. The Morgan fingerprint density at radius 3 is 1.09 bits per heavy atom. The standard InChI is InChI=1S/C26H16FN5.C20H12Br2N4.C6H6FN.HI/c27-17-13-15-18(16-14-17)30-25-28-19-7-1-3-9-21(19)31(25)23-11-5-6-12-24(23)32-22-10-4-2-8-20(22)29-26(30)32;21-19-23-13-7-1-3-9-15(13)25(19)17-11-5-6-12-18(17)26-16-10-4-2-8-14(16)24-20(26)22;7-5-1-3-6(8)4-2-5;/h1-16H;1-12H;1-4H,8H2;1H/p-1. The molecular formula is C52H34Br2F2IN10-. The fraction of sp³-hybridized carbons (Fsp3) is 0. The fourth-order valence-corrected chi connectivity index (χ4v) is 9.46. The molecule has 10 nitrogen and oxygen atoms in total. The molecule has 0 saturated carbocycles. The number of rotatable bonds is 3. The van der Waals surface area contributed by atoms with Gasteiger partial charge >= 0.3 is 0 Å². The van der Waals surface area contributed by atoms with Gasteiger partial charge in [0.25, 0.3) is 0 Å². The second-order valence-corrected chi connectivity index (χ2v) is 16.6. The number of imidazole rings is 4. The monoisotopic (exact) mass is 1120 g/mol. The number of nitrogens with two attached hydrogens (primary N) is 1. The van der Waals surface area contributed by atoms with Gasteiger partial charge in [0.15, 0.2) is 9.47 Å².